The number of hydrogen-bond acceptors (Lipinski definition) is 5. The maximum absolute atomic E-state index is 11.7. The van der Waals surface area contributed by atoms with E-state index in [1.165, 1.54) is 0 Å². The Morgan fingerprint density at radius 3 is 2.86 bits per heavy atom. The van der Waals surface area contributed by atoms with E-state index in [0.717, 1.165) is 0 Å². The van der Waals surface area contributed by atoms with Gasteiger partial charge in [0.2, 0.25) is 0 Å². The van der Waals surface area contributed by atoms with Crippen LogP contribution in [0.15, 0.2) is 24.3 Å². The van der Waals surface area contributed by atoms with Crippen LogP contribution in [0.2, 0.25) is 0 Å². The standard InChI is InChI=1S/C14H16N2O4S/c15-8-11-4-1-2-6-13(11)20-10-14(17)16-9-12-5-3-7-21(12,18)19/h1-2,4,6,12H,3,5,7,9-10H2,(H,16,17). The van der Waals surface area contributed by atoms with Gasteiger partial charge in [0.1, 0.15) is 11.8 Å². The third kappa shape index (κ3) is 3.95. The largest absolute Gasteiger partial charge is 0.482 e. The summed E-state index contributed by atoms with van der Waals surface area (Å²) in [5.41, 5.74) is 0.351. The van der Waals surface area contributed by atoms with Crippen molar-refractivity contribution in [3.05, 3.63) is 29.8 Å². The number of nitriles is 1. The van der Waals surface area contributed by atoms with Crippen LogP contribution in [-0.2, 0) is 14.6 Å². The molecule has 0 aromatic heterocycles. The van der Waals surface area contributed by atoms with Gasteiger partial charge in [-0.05, 0) is 25.0 Å². The summed E-state index contributed by atoms with van der Waals surface area (Å²) >= 11 is 0. The van der Waals surface area contributed by atoms with E-state index in [-0.39, 0.29) is 18.9 Å². The first-order valence-corrected chi connectivity index (χ1v) is 8.34. The highest BCUT2D eigenvalue weighted by molar-refractivity contribution is 7.92. The number of carbonyl (C=O) groups excluding carboxylic acids is 1. The Kier molecular flexibility index (Phi) is 4.81. The molecule has 1 aliphatic rings. The molecule has 2 rings (SSSR count). The van der Waals surface area contributed by atoms with Crippen LogP contribution < -0.4 is 10.1 Å². The van der Waals surface area contributed by atoms with Gasteiger partial charge in [0.25, 0.3) is 5.91 Å². The smallest absolute Gasteiger partial charge is 0.257 e. The van der Waals surface area contributed by atoms with Gasteiger partial charge in [0, 0.05) is 6.54 Å². The van der Waals surface area contributed by atoms with E-state index in [4.69, 9.17) is 10.00 Å². The summed E-state index contributed by atoms with van der Waals surface area (Å²) in [5, 5.41) is 11.0. The third-order valence-electron chi connectivity index (χ3n) is 3.36. The number of benzene rings is 1. The number of hydrogen-bond donors (Lipinski definition) is 1. The van der Waals surface area contributed by atoms with Gasteiger partial charge in [-0.1, -0.05) is 12.1 Å². The molecule has 1 N–H and O–H groups in total. The second-order valence-corrected chi connectivity index (χ2v) is 7.23. The summed E-state index contributed by atoms with van der Waals surface area (Å²) in [5.74, 6) is 0.132. The van der Waals surface area contributed by atoms with Crippen LogP contribution in [0.5, 0.6) is 5.75 Å². The van der Waals surface area contributed by atoms with Gasteiger partial charge in [-0.25, -0.2) is 8.42 Å². The van der Waals surface area contributed by atoms with Crippen LogP contribution in [0.3, 0.4) is 0 Å². The van der Waals surface area contributed by atoms with E-state index in [9.17, 15) is 13.2 Å². The Morgan fingerprint density at radius 1 is 1.43 bits per heavy atom. The number of amides is 1. The number of nitrogens with one attached hydrogen (secondary N) is 1. The Morgan fingerprint density at radius 2 is 2.19 bits per heavy atom. The number of para-hydroxylation sites is 1. The van der Waals surface area contributed by atoms with E-state index in [1.807, 2.05) is 6.07 Å². The normalized spacial score (nSPS) is 19.7. The molecule has 1 aromatic carbocycles. The van der Waals surface area contributed by atoms with Crippen molar-refractivity contribution in [2.45, 2.75) is 18.1 Å². The molecule has 0 saturated carbocycles. The minimum absolute atomic E-state index is 0.115. The van der Waals surface area contributed by atoms with E-state index >= 15 is 0 Å². The molecule has 21 heavy (non-hydrogen) atoms. The quantitative estimate of drug-likeness (QED) is 0.860. The maximum Gasteiger partial charge on any atom is 0.257 e. The van der Waals surface area contributed by atoms with Crippen molar-refractivity contribution in [1.29, 1.82) is 5.26 Å². The SMILES string of the molecule is N#Cc1ccccc1OCC(=O)NCC1CCCS1(=O)=O. The molecule has 1 unspecified atom stereocenters. The molecule has 7 heteroatoms. The van der Waals surface area contributed by atoms with Crippen LogP contribution in [0.25, 0.3) is 0 Å². The minimum Gasteiger partial charge on any atom is -0.482 e. The lowest BCUT2D eigenvalue weighted by Gasteiger charge is -2.11. The number of nitrogens with zero attached hydrogens (tertiary/aromatic N) is 1. The van der Waals surface area contributed by atoms with Crippen molar-refractivity contribution in [1.82, 2.24) is 5.32 Å². The summed E-state index contributed by atoms with van der Waals surface area (Å²) < 4.78 is 28.5. The predicted octanol–water partition coefficient (Wildman–Crippen LogP) is 0.630. The average molecular weight is 308 g/mol. The van der Waals surface area contributed by atoms with Crippen LogP contribution in [0, 0.1) is 11.3 Å². The second kappa shape index (κ2) is 6.59. The Bertz CT molecular complexity index is 664. The lowest BCUT2D eigenvalue weighted by atomic mass is 10.2. The summed E-state index contributed by atoms with van der Waals surface area (Å²) in [4.78, 5) is 11.7. The van der Waals surface area contributed by atoms with Crippen molar-refractivity contribution in [3.8, 4) is 11.8 Å². The van der Waals surface area contributed by atoms with Crippen molar-refractivity contribution >= 4 is 15.7 Å². The van der Waals surface area contributed by atoms with E-state index in [2.05, 4.69) is 5.32 Å². The van der Waals surface area contributed by atoms with Crippen molar-refractivity contribution in [2.75, 3.05) is 18.9 Å². The fourth-order valence-corrected chi connectivity index (χ4v) is 3.96. The fourth-order valence-electron chi connectivity index (χ4n) is 2.19. The maximum atomic E-state index is 11.7. The highest BCUT2D eigenvalue weighted by Gasteiger charge is 2.31. The summed E-state index contributed by atoms with van der Waals surface area (Å²) in [6.45, 7) is -0.129. The second-order valence-electron chi connectivity index (χ2n) is 4.83. The highest BCUT2D eigenvalue weighted by atomic mass is 32.2. The first-order chi connectivity index (χ1) is 10.0. The van der Waals surface area contributed by atoms with Crippen molar-refractivity contribution in [2.24, 2.45) is 0 Å². The summed E-state index contributed by atoms with van der Waals surface area (Å²) in [6, 6.07) is 8.58. The molecule has 1 atom stereocenters. The van der Waals surface area contributed by atoms with Gasteiger partial charge in [-0.3, -0.25) is 4.79 Å². The van der Waals surface area contributed by atoms with Gasteiger partial charge in [0.05, 0.1) is 16.6 Å². The van der Waals surface area contributed by atoms with E-state index in [1.54, 1.807) is 24.3 Å². The molecule has 1 heterocycles. The Labute approximate surface area is 123 Å². The zero-order valence-electron chi connectivity index (χ0n) is 11.4. The molecule has 112 valence electrons. The molecule has 0 spiro atoms. The molecule has 0 aliphatic carbocycles. The number of carbonyl (C=O) groups is 1. The zero-order valence-corrected chi connectivity index (χ0v) is 12.2. The molecule has 0 bridgehead atoms. The van der Waals surface area contributed by atoms with Gasteiger partial charge >= 0.3 is 0 Å². The minimum atomic E-state index is -3.06. The molecular formula is C14H16N2O4S. The summed E-state index contributed by atoms with van der Waals surface area (Å²) in [6.07, 6.45) is 1.23. The molecule has 1 amide bonds. The highest BCUT2D eigenvalue weighted by Crippen LogP contribution is 2.19. The molecule has 1 aromatic rings. The van der Waals surface area contributed by atoms with Crippen molar-refractivity contribution in [3.63, 3.8) is 0 Å². The lowest BCUT2D eigenvalue weighted by Crippen LogP contribution is -2.37. The van der Waals surface area contributed by atoms with Crippen molar-refractivity contribution < 1.29 is 17.9 Å². The predicted molar refractivity (Wildman–Crippen MR) is 76.5 cm³/mol. The van der Waals surface area contributed by atoms with Crippen LogP contribution in [-0.4, -0.2) is 38.5 Å². The van der Waals surface area contributed by atoms with Crippen LogP contribution in [0.1, 0.15) is 18.4 Å². The Balaban J connectivity index is 1.82. The van der Waals surface area contributed by atoms with Gasteiger partial charge in [-0.15, -0.1) is 0 Å². The molecular weight excluding hydrogens is 292 g/mol. The fraction of sp³-hybridized carbons (Fsp3) is 0.429. The first-order valence-electron chi connectivity index (χ1n) is 6.63. The number of ether oxygens (including phenoxy) is 1. The first kappa shape index (κ1) is 15.3. The summed E-state index contributed by atoms with van der Waals surface area (Å²) in [7, 11) is -3.06. The monoisotopic (exact) mass is 308 g/mol. The lowest BCUT2D eigenvalue weighted by molar-refractivity contribution is -0.123. The molecule has 0 radical (unpaired) electrons. The average Bonchev–Trinajstić information content (AvgIpc) is 2.82. The van der Waals surface area contributed by atoms with Gasteiger partial charge < -0.3 is 10.1 Å². The third-order valence-corrected chi connectivity index (χ3v) is 5.63. The van der Waals surface area contributed by atoms with Gasteiger partial charge in [-0.2, -0.15) is 5.26 Å². The molecule has 1 fully saturated rings. The molecule has 1 saturated heterocycles. The zero-order chi connectivity index (χ0) is 15.3. The number of sulfone groups is 1. The topological polar surface area (TPSA) is 96.3 Å². The van der Waals surface area contributed by atoms with E-state index < -0.39 is 21.0 Å². The van der Waals surface area contributed by atoms with Gasteiger partial charge in [0.15, 0.2) is 16.4 Å². The van der Waals surface area contributed by atoms with Crippen LogP contribution >= 0.6 is 0 Å². The molecule has 6 nitrogen and oxygen atoms in total. The number of rotatable bonds is 5. The van der Waals surface area contributed by atoms with Crippen LogP contribution in [0.4, 0.5) is 0 Å². The molecule has 1 aliphatic heterocycles. The van der Waals surface area contributed by atoms with E-state index in [0.29, 0.717) is 24.2 Å². The Hall–Kier alpha value is -2.07.